The lowest BCUT2D eigenvalue weighted by Gasteiger charge is -2.10. The molecule has 0 atom stereocenters. The molecule has 0 aliphatic carbocycles. The van der Waals surface area contributed by atoms with Gasteiger partial charge in [0.1, 0.15) is 5.82 Å². The van der Waals surface area contributed by atoms with E-state index in [9.17, 15) is 9.18 Å². The van der Waals surface area contributed by atoms with Gasteiger partial charge < -0.3 is 11.1 Å². The highest BCUT2D eigenvalue weighted by molar-refractivity contribution is 6.31. The zero-order valence-electron chi connectivity index (χ0n) is 10.2. The van der Waals surface area contributed by atoms with Crippen molar-refractivity contribution in [3.63, 3.8) is 0 Å². The van der Waals surface area contributed by atoms with Crippen LogP contribution in [0.3, 0.4) is 0 Å². The summed E-state index contributed by atoms with van der Waals surface area (Å²) in [6, 6.07) is 9.05. The number of nitrogens with two attached hydrogens (primary N) is 1. The van der Waals surface area contributed by atoms with E-state index in [1.807, 2.05) is 0 Å². The minimum atomic E-state index is -0.546. The van der Waals surface area contributed by atoms with Crippen molar-refractivity contribution < 1.29 is 9.18 Å². The van der Waals surface area contributed by atoms with Crippen molar-refractivity contribution in [3.05, 3.63) is 58.4 Å². The van der Waals surface area contributed by atoms with Gasteiger partial charge >= 0.3 is 0 Å². The standard InChI is InChI=1S/C14H12ClFN2O/c1-8-10(15)3-2-4-13(8)18-14(19)9-5-6-11(16)12(17)7-9/h2-7H,17H2,1H3,(H,18,19). The smallest absolute Gasteiger partial charge is 0.255 e. The van der Waals surface area contributed by atoms with Gasteiger partial charge in [-0.2, -0.15) is 0 Å². The third-order valence-electron chi connectivity index (χ3n) is 2.77. The molecule has 0 aliphatic rings. The molecular weight excluding hydrogens is 267 g/mol. The van der Waals surface area contributed by atoms with Gasteiger partial charge in [-0.25, -0.2) is 4.39 Å². The molecule has 0 saturated carbocycles. The molecule has 1 amide bonds. The topological polar surface area (TPSA) is 55.1 Å². The number of rotatable bonds is 2. The van der Waals surface area contributed by atoms with Crippen LogP contribution in [-0.4, -0.2) is 5.91 Å². The van der Waals surface area contributed by atoms with E-state index in [4.69, 9.17) is 17.3 Å². The zero-order valence-corrected chi connectivity index (χ0v) is 11.0. The predicted octanol–water partition coefficient (Wildman–Crippen LogP) is 3.62. The van der Waals surface area contributed by atoms with E-state index in [1.165, 1.54) is 12.1 Å². The van der Waals surface area contributed by atoms with E-state index < -0.39 is 5.82 Å². The fourth-order valence-electron chi connectivity index (χ4n) is 1.62. The molecule has 2 aromatic rings. The second kappa shape index (κ2) is 5.28. The molecule has 19 heavy (non-hydrogen) atoms. The van der Waals surface area contributed by atoms with E-state index in [-0.39, 0.29) is 11.6 Å². The molecule has 0 fully saturated rings. The minimum absolute atomic E-state index is 0.0598. The summed E-state index contributed by atoms with van der Waals surface area (Å²) in [5.41, 5.74) is 7.04. The Hall–Kier alpha value is -2.07. The van der Waals surface area contributed by atoms with Crippen molar-refractivity contribution in [2.45, 2.75) is 6.92 Å². The van der Waals surface area contributed by atoms with Crippen LogP contribution in [0.25, 0.3) is 0 Å². The fourth-order valence-corrected chi connectivity index (χ4v) is 1.80. The van der Waals surface area contributed by atoms with E-state index in [2.05, 4.69) is 5.32 Å². The van der Waals surface area contributed by atoms with Crippen molar-refractivity contribution in [2.75, 3.05) is 11.1 Å². The number of hydrogen-bond acceptors (Lipinski definition) is 2. The van der Waals surface area contributed by atoms with E-state index in [1.54, 1.807) is 25.1 Å². The Bertz CT molecular complexity index is 643. The minimum Gasteiger partial charge on any atom is -0.396 e. The second-order valence-electron chi connectivity index (χ2n) is 4.10. The van der Waals surface area contributed by atoms with Crippen LogP contribution in [0, 0.1) is 12.7 Å². The van der Waals surface area contributed by atoms with Gasteiger partial charge in [0.05, 0.1) is 5.69 Å². The van der Waals surface area contributed by atoms with Crippen molar-refractivity contribution in [3.8, 4) is 0 Å². The molecule has 0 aromatic heterocycles. The number of carbonyl (C=O) groups is 1. The first-order valence-corrected chi connectivity index (χ1v) is 5.98. The summed E-state index contributed by atoms with van der Waals surface area (Å²) in [4.78, 5) is 12.0. The van der Waals surface area contributed by atoms with Gasteiger partial charge in [-0.05, 0) is 42.8 Å². The number of halogens is 2. The van der Waals surface area contributed by atoms with Crippen LogP contribution in [0.1, 0.15) is 15.9 Å². The van der Waals surface area contributed by atoms with Gasteiger partial charge in [0.2, 0.25) is 0 Å². The number of anilines is 2. The third kappa shape index (κ3) is 2.85. The number of nitrogen functional groups attached to an aromatic ring is 1. The van der Waals surface area contributed by atoms with Crippen LogP contribution in [0.5, 0.6) is 0 Å². The van der Waals surface area contributed by atoms with E-state index in [0.29, 0.717) is 16.3 Å². The summed E-state index contributed by atoms with van der Waals surface area (Å²) < 4.78 is 13.0. The normalized spacial score (nSPS) is 10.3. The number of hydrogen-bond donors (Lipinski definition) is 2. The van der Waals surface area contributed by atoms with Crippen molar-refractivity contribution in [1.82, 2.24) is 0 Å². The summed E-state index contributed by atoms with van der Waals surface area (Å²) in [6.07, 6.45) is 0. The van der Waals surface area contributed by atoms with Crippen LogP contribution in [0.4, 0.5) is 15.8 Å². The first-order valence-electron chi connectivity index (χ1n) is 5.60. The molecule has 0 radical (unpaired) electrons. The maximum absolute atomic E-state index is 13.0. The Morgan fingerprint density at radius 1 is 1.32 bits per heavy atom. The monoisotopic (exact) mass is 278 g/mol. The number of nitrogens with one attached hydrogen (secondary N) is 1. The molecular formula is C14H12ClFN2O. The van der Waals surface area contributed by atoms with Gasteiger partial charge in [0.15, 0.2) is 0 Å². The predicted molar refractivity (Wildman–Crippen MR) is 75.0 cm³/mol. The molecule has 3 N–H and O–H groups in total. The van der Waals surface area contributed by atoms with Crippen LogP contribution < -0.4 is 11.1 Å². The maximum atomic E-state index is 13.0. The molecule has 0 heterocycles. The summed E-state index contributed by atoms with van der Waals surface area (Å²) in [6.45, 7) is 1.80. The zero-order chi connectivity index (χ0) is 14.0. The molecule has 0 saturated heterocycles. The average molecular weight is 279 g/mol. The van der Waals surface area contributed by atoms with Crippen LogP contribution in [0.2, 0.25) is 5.02 Å². The van der Waals surface area contributed by atoms with Gasteiger partial charge in [-0.15, -0.1) is 0 Å². The Labute approximate surface area is 115 Å². The highest BCUT2D eigenvalue weighted by Crippen LogP contribution is 2.23. The van der Waals surface area contributed by atoms with Crippen LogP contribution >= 0.6 is 11.6 Å². The van der Waals surface area contributed by atoms with Crippen molar-refractivity contribution in [1.29, 1.82) is 0 Å². The molecule has 5 heteroatoms. The average Bonchev–Trinajstić information content (AvgIpc) is 2.38. The Morgan fingerprint density at radius 3 is 2.74 bits per heavy atom. The summed E-state index contributed by atoms with van der Waals surface area (Å²) in [5.74, 6) is -0.910. The number of carbonyl (C=O) groups excluding carboxylic acids is 1. The Morgan fingerprint density at radius 2 is 2.05 bits per heavy atom. The molecule has 2 rings (SSSR count). The first kappa shape index (κ1) is 13.4. The summed E-state index contributed by atoms with van der Waals surface area (Å²) in [7, 11) is 0. The molecule has 0 spiro atoms. The molecule has 98 valence electrons. The number of benzene rings is 2. The quantitative estimate of drug-likeness (QED) is 0.824. The lowest BCUT2D eigenvalue weighted by atomic mass is 10.1. The van der Waals surface area contributed by atoms with Gasteiger partial charge in [0.25, 0.3) is 5.91 Å². The van der Waals surface area contributed by atoms with E-state index >= 15 is 0 Å². The lowest BCUT2D eigenvalue weighted by molar-refractivity contribution is 0.102. The van der Waals surface area contributed by atoms with Crippen LogP contribution in [0.15, 0.2) is 36.4 Å². The molecule has 3 nitrogen and oxygen atoms in total. The highest BCUT2D eigenvalue weighted by atomic mass is 35.5. The SMILES string of the molecule is Cc1c(Cl)cccc1NC(=O)c1ccc(F)c(N)c1. The van der Waals surface area contributed by atoms with E-state index in [0.717, 1.165) is 11.6 Å². The Balaban J connectivity index is 2.26. The number of amides is 1. The molecule has 0 aliphatic heterocycles. The van der Waals surface area contributed by atoms with Crippen molar-refractivity contribution >= 4 is 28.9 Å². The molecule has 0 bridgehead atoms. The Kier molecular flexibility index (Phi) is 3.71. The van der Waals surface area contributed by atoms with Gasteiger partial charge in [-0.3, -0.25) is 4.79 Å². The summed E-state index contributed by atoms with van der Waals surface area (Å²) in [5, 5.41) is 3.28. The highest BCUT2D eigenvalue weighted by Gasteiger charge is 2.10. The fraction of sp³-hybridized carbons (Fsp3) is 0.0714. The summed E-state index contributed by atoms with van der Waals surface area (Å²) >= 11 is 5.97. The van der Waals surface area contributed by atoms with Gasteiger partial charge in [-0.1, -0.05) is 17.7 Å². The molecule has 0 unspecified atom stereocenters. The van der Waals surface area contributed by atoms with Crippen LogP contribution in [-0.2, 0) is 0 Å². The largest absolute Gasteiger partial charge is 0.396 e. The third-order valence-corrected chi connectivity index (χ3v) is 3.18. The first-order chi connectivity index (χ1) is 8.99. The van der Waals surface area contributed by atoms with Crippen molar-refractivity contribution in [2.24, 2.45) is 0 Å². The van der Waals surface area contributed by atoms with Gasteiger partial charge in [0, 0.05) is 16.3 Å². The second-order valence-corrected chi connectivity index (χ2v) is 4.51. The lowest BCUT2D eigenvalue weighted by Crippen LogP contribution is -2.13. The molecule has 2 aromatic carbocycles. The maximum Gasteiger partial charge on any atom is 0.255 e.